The largest absolute Gasteiger partial charge is 0.393 e. The van der Waals surface area contributed by atoms with Gasteiger partial charge in [-0.15, -0.1) is 0 Å². The summed E-state index contributed by atoms with van der Waals surface area (Å²) in [5.74, 6) is -2.70. The number of hydrogen-bond donors (Lipinski definition) is 2. The first-order chi connectivity index (χ1) is 9.38. The van der Waals surface area contributed by atoms with Crippen LogP contribution < -0.4 is 5.32 Å². The highest BCUT2D eigenvalue weighted by Gasteiger charge is 2.48. The minimum absolute atomic E-state index is 0.0593. The van der Waals surface area contributed by atoms with Crippen LogP contribution in [-0.2, 0) is 4.79 Å². The molecule has 0 aromatic heterocycles. The lowest BCUT2D eigenvalue weighted by molar-refractivity contribution is -0.198. The Morgan fingerprint density at radius 1 is 1.15 bits per heavy atom. The molecular formula is C14H22F3NO2. The van der Waals surface area contributed by atoms with Crippen LogP contribution in [-0.4, -0.2) is 29.8 Å². The van der Waals surface area contributed by atoms with Gasteiger partial charge in [0.25, 0.3) is 0 Å². The maximum absolute atomic E-state index is 12.9. The van der Waals surface area contributed by atoms with Crippen LogP contribution in [0.1, 0.15) is 44.9 Å². The molecule has 0 bridgehead atoms. The fourth-order valence-electron chi connectivity index (χ4n) is 3.45. The molecule has 2 N–H and O–H groups in total. The maximum atomic E-state index is 12.9. The quantitative estimate of drug-likeness (QED) is 0.840. The highest BCUT2D eigenvalue weighted by molar-refractivity contribution is 5.79. The molecule has 0 radical (unpaired) electrons. The average Bonchev–Trinajstić information content (AvgIpc) is 2.81. The van der Waals surface area contributed by atoms with Crippen LogP contribution in [0.25, 0.3) is 0 Å². The summed E-state index contributed by atoms with van der Waals surface area (Å²) >= 11 is 0. The molecule has 0 aromatic carbocycles. The highest BCUT2D eigenvalue weighted by Crippen LogP contribution is 2.41. The van der Waals surface area contributed by atoms with E-state index in [9.17, 15) is 23.1 Å². The number of carbonyl (C=O) groups is 1. The topological polar surface area (TPSA) is 49.3 Å². The van der Waals surface area contributed by atoms with E-state index in [0.29, 0.717) is 32.2 Å². The molecule has 2 fully saturated rings. The number of amides is 1. The third-order valence-corrected chi connectivity index (χ3v) is 4.60. The van der Waals surface area contributed by atoms with Crippen LogP contribution in [0.4, 0.5) is 13.2 Å². The Balaban J connectivity index is 1.86. The summed E-state index contributed by atoms with van der Waals surface area (Å²) in [6.07, 6.45) is -0.818. The Bertz CT molecular complexity index is 346. The molecule has 0 saturated heterocycles. The van der Waals surface area contributed by atoms with Crippen molar-refractivity contribution in [3.63, 3.8) is 0 Å². The Hall–Kier alpha value is -0.780. The van der Waals surface area contributed by atoms with Gasteiger partial charge in [0.05, 0.1) is 12.0 Å². The van der Waals surface area contributed by atoms with Gasteiger partial charge >= 0.3 is 6.18 Å². The van der Waals surface area contributed by atoms with E-state index in [0.717, 1.165) is 12.8 Å². The Morgan fingerprint density at radius 2 is 1.85 bits per heavy atom. The molecule has 0 aromatic rings. The smallest absolute Gasteiger partial charge is 0.392 e. The molecule has 2 saturated carbocycles. The van der Waals surface area contributed by atoms with Crippen molar-refractivity contribution in [3.05, 3.63) is 0 Å². The molecule has 4 atom stereocenters. The van der Waals surface area contributed by atoms with Crippen LogP contribution >= 0.6 is 0 Å². The van der Waals surface area contributed by atoms with Crippen molar-refractivity contribution in [2.75, 3.05) is 6.54 Å². The number of hydrogen-bond acceptors (Lipinski definition) is 2. The van der Waals surface area contributed by atoms with Gasteiger partial charge in [-0.3, -0.25) is 4.79 Å². The lowest BCUT2D eigenvalue weighted by atomic mass is 9.78. The summed E-state index contributed by atoms with van der Waals surface area (Å²) < 4.78 is 38.8. The number of halogens is 3. The van der Waals surface area contributed by atoms with Crippen molar-refractivity contribution in [2.45, 2.75) is 57.2 Å². The summed E-state index contributed by atoms with van der Waals surface area (Å²) in [6.45, 7) is 0.386. The molecule has 2 aliphatic rings. The third-order valence-electron chi connectivity index (χ3n) is 4.60. The zero-order valence-electron chi connectivity index (χ0n) is 11.5. The third kappa shape index (κ3) is 3.87. The molecule has 6 heteroatoms. The zero-order valence-corrected chi connectivity index (χ0v) is 11.5. The van der Waals surface area contributed by atoms with Crippen molar-refractivity contribution in [2.24, 2.45) is 17.8 Å². The van der Waals surface area contributed by atoms with Gasteiger partial charge in [0.1, 0.15) is 0 Å². The standard InChI is InChI=1S/C14H22F3NO2/c15-14(16,17)12-4-2-1-3-11(12)13(20)18-8-9-5-6-10(19)7-9/h9-12,19H,1-8H2,(H,18,20). The van der Waals surface area contributed by atoms with Crippen molar-refractivity contribution in [3.8, 4) is 0 Å². The van der Waals surface area contributed by atoms with E-state index < -0.39 is 23.9 Å². The molecule has 116 valence electrons. The minimum atomic E-state index is -4.29. The first kappa shape index (κ1) is 15.6. The van der Waals surface area contributed by atoms with Crippen LogP contribution in [0.15, 0.2) is 0 Å². The molecule has 1 amide bonds. The van der Waals surface area contributed by atoms with Crippen molar-refractivity contribution in [1.82, 2.24) is 5.32 Å². The van der Waals surface area contributed by atoms with E-state index in [-0.39, 0.29) is 18.4 Å². The van der Waals surface area contributed by atoms with Gasteiger partial charge < -0.3 is 10.4 Å². The van der Waals surface area contributed by atoms with Gasteiger partial charge in [-0.2, -0.15) is 13.2 Å². The second-order valence-electron chi connectivity index (χ2n) is 6.12. The van der Waals surface area contributed by atoms with E-state index in [1.54, 1.807) is 0 Å². The average molecular weight is 293 g/mol. The van der Waals surface area contributed by atoms with E-state index >= 15 is 0 Å². The zero-order chi connectivity index (χ0) is 14.8. The molecule has 2 rings (SSSR count). The molecule has 2 aliphatic carbocycles. The van der Waals surface area contributed by atoms with Gasteiger partial charge in [-0.05, 0) is 38.0 Å². The molecule has 0 heterocycles. The lowest BCUT2D eigenvalue weighted by Gasteiger charge is -2.32. The maximum Gasteiger partial charge on any atom is 0.392 e. The van der Waals surface area contributed by atoms with Crippen molar-refractivity contribution < 1.29 is 23.1 Å². The number of aliphatic hydroxyl groups is 1. The van der Waals surface area contributed by atoms with Crippen LogP contribution in [0.2, 0.25) is 0 Å². The molecular weight excluding hydrogens is 271 g/mol. The fourth-order valence-corrected chi connectivity index (χ4v) is 3.45. The van der Waals surface area contributed by atoms with Gasteiger partial charge in [-0.1, -0.05) is 12.8 Å². The monoisotopic (exact) mass is 293 g/mol. The summed E-state index contributed by atoms with van der Waals surface area (Å²) in [5, 5.41) is 12.1. The molecule has 20 heavy (non-hydrogen) atoms. The second kappa shape index (κ2) is 6.33. The lowest BCUT2D eigenvalue weighted by Crippen LogP contribution is -2.43. The van der Waals surface area contributed by atoms with Crippen LogP contribution in [0.5, 0.6) is 0 Å². The van der Waals surface area contributed by atoms with Gasteiger partial charge in [0, 0.05) is 12.5 Å². The first-order valence-electron chi connectivity index (χ1n) is 7.40. The predicted molar refractivity (Wildman–Crippen MR) is 67.9 cm³/mol. The van der Waals surface area contributed by atoms with Gasteiger partial charge in [0.15, 0.2) is 0 Å². The normalized spacial score (nSPS) is 35.0. The number of alkyl halides is 3. The number of rotatable bonds is 3. The highest BCUT2D eigenvalue weighted by atomic mass is 19.4. The molecule has 4 unspecified atom stereocenters. The fraction of sp³-hybridized carbons (Fsp3) is 0.929. The minimum Gasteiger partial charge on any atom is -0.393 e. The molecule has 0 spiro atoms. The van der Waals surface area contributed by atoms with E-state index in [2.05, 4.69) is 5.32 Å². The summed E-state index contributed by atoms with van der Waals surface area (Å²) in [6, 6.07) is 0. The SMILES string of the molecule is O=C(NCC1CCC(O)C1)C1CCCCC1C(F)(F)F. The van der Waals surface area contributed by atoms with Gasteiger partial charge in [0.2, 0.25) is 5.91 Å². The predicted octanol–water partition coefficient (Wildman–Crippen LogP) is 2.63. The summed E-state index contributed by atoms with van der Waals surface area (Å²) in [7, 11) is 0. The number of aliphatic hydroxyl groups excluding tert-OH is 1. The number of nitrogens with one attached hydrogen (secondary N) is 1. The number of carbonyl (C=O) groups excluding carboxylic acids is 1. The van der Waals surface area contributed by atoms with Crippen LogP contribution in [0, 0.1) is 17.8 Å². The first-order valence-corrected chi connectivity index (χ1v) is 7.40. The summed E-state index contributed by atoms with van der Waals surface area (Å²) in [4.78, 5) is 12.0. The Kier molecular flexibility index (Phi) is 4.94. The Labute approximate surface area is 116 Å². The van der Waals surface area contributed by atoms with E-state index in [1.807, 2.05) is 0 Å². The second-order valence-corrected chi connectivity index (χ2v) is 6.12. The van der Waals surface area contributed by atoms with E-state index in [1.165, 1.54) is 0 Å². The molecule has 3 nitrogen and oxygen atoms in total. The Morgan fingerprint density at radius 3 is 2.45 bits per heavy atom. The molecule has 0 aliphatic heterocycles. The van der Waals surface area contributed by atoms with Crippen molar-refractivity contribution >= 4 is 5.91 Å². The van der Waals surface area contributed by atoms with Gasteiger partial charge in [-0.25, -0.2) is 0 Å². The van der Waals surface area contributed by atoms with Crippen LogP contribution in [0.3, 0.4) is 0 Å². The summed E-state index contributed by atoms with van der Waals surface area (Å²) in [5.41, 5.74) is 0. The van der Waals surface area contributed by atoms with E-state index in [4.69, 9.17) is 0 Å². The van der Waals surface area contributed by atoms with Crippen molar-refractivity contribution in [1.29, 1.82) is 0 Å².